The number of benzene rings is 2. The van der Waals surface area contributed by atoms with Crippen molar-refractivity contribution in [2.75, 3.05) is 31.1 Å². The van der Waals surface area contributed by atoms with Gasteiger partial charge in [-0.25, -0.2) is 4.79 Å². The Kier molecular flexibility index (Phi) is 6.56. The second kappa shape index (κ2) is 9.52. The molecule has 0 bridgehead atoms. The molecule has 0 saturated carbocycles. The second-order valence-corrected chi connectivity index (χ2v) is 8.68. The van der Waals surface area contributed by atoms with E-state index in [9.17, 15) is 9.59 Å². The van der Waals surface area contributed by atoms with Gasteiger partial charge in [-0.15, -0.1) is 0 Å². The van der Waals surface area contributed by atoms with Gasteiger partial charge in [0.05, 0.1) is 6.10 Å². The van der Waals surface area contributed by atoms with Crippen LogP contribution in [-0.2, 0) is 6.54 Å². The van der Waals surface area contributed by atoms with E-state index in [0.717, 1.165) is 49.5 Å². The molecule has 2 fully saturated rings. The number of ether oxygens (including phenoxy) is 1. The van der Waals surface area contributed by atoms with Gasteiger partial charge < -0.3 is 10.1 Å². The standard InChI is InChI=1S/C25H31N3O3/c1-18(2)31-23-7-3-5-20(15-23)24(29)21-6-4-13-27(17-21)16-19-8-10-22(11-9-19)28-14-12-26-25(28)30/h3,5,7-11,15,18,21H,4,6,12-14,16-17H2,1-2H3,(H,26,30)/t21-/m0/s1. The summed E-state index contributed by atoms with van der Waals surface area (Å²) in [6, 6.07) is 15.7. The van der Waals surface area contributed by atoms with Crippen LogP contribution < -0.4 is 15.0 Å². The van der Waals surface area contributed by atoms with Crippen LogP contribution in [0.1, 0.15) is 42.6 Å². The number of hydrogen-bond donors (Lipinski definition) is 1. The lowest BCUT2D eigenvalue weighted by molar-refractivity contribution is 0.0811. The van der Waals surface area contributed by atoms with Gasteiger partial charge in [-0.05, 0) is 63.1 Å². The van der Waals surface area contributed by atoms with Gasteiger partial charge >= 0.3 is 6.03 Å². The SMILES string of the molecule is CC(C)Oc1cccc(C(=O)[C@H]2CCCN(Cc3ccc(N4CCNC4=O)cc3)C2)c1. The van der Waals surface area contributed by atoms with E-state index in [1.807, 2.05) is 50.2 Å². The lowest BCUT2D eigenvalue weighted by Gasteiger charge is -2.32. The van der Waals surface area contributed by atoms with E-state index >= 15 is 0 Å². The molecule has 2 aliphatic heterocycles. The molecule has 4 rings (SSSR count). The summed E-state index contributed by atoms with van der Waals surface area (Å²) in [5.41, 5.74) is 2.86. The van der Waals surface area contributed by atoms with E-state index < -0.39 is 0 Å². The van der Waals surface area contributed by atoms with Crippen LogP contribution >= 0.6 is 0 Å². The zero-order chi connectivity index (χ0) is 21.8. The van der Waals surface area contributed by atoms with Crippen molar-refractivity contribution in [1.82, 2.24) is 10.2 Å². The van der Waals surface area contributed by atoms with E-state index in [-0.39, 0.29) is 23.8 Å². The molecule has 1 atom stereocenters. The van der Waals surface area contributed by atoms with Crippen LogP contribution in [0.2, 0.25) is 0 Å². The second-order valence-electron chi connectivity index (χ2n) is 8.68. The lowest BCUT2D eigenvalue weighted by Crippen LogP contribution is -2.38. The average Bonchev–Trinajstić information content (AvgIpc) is 3.19. The normalized spacial score (nSPS) is 19.5. The predicted molar refractivity (Wildman–Crippen MR) is 122 cm³/mol. The average molecular weight is 422 g/mol. The van der Waals surface area contributed by atoms with Crippen molar-refractivity contribution >= 4 is 17.5 Å². The number of Topliss-reactive ketones (excluding diaryl/α,β-unsaturated/α-hetero) is 1. The number of likely N-dealkylation sites (tertiary alicyclic amines) is 1. The van der Waals surface area contributed by atoms with Crippen LogP contribution in [0, 0.1) is 5.92 Å². The van der Waals surface area contributed by atoms with E-state index in [0.29, 0.717) is 13.1 Å². The Labute approximate surface area is 184 Å². The molecule has 0 radical (unpaired) electrons. The van der Waals surface area contributed by atoms with Gasteiger partial charge in [0.15, 0.2) is 5.78 Å². The van der Waals surface area contributed by atoms with Crippen molar-refractivity contribution in [1.29, 1.82) is 0 Å². The van der Waals surface area contributed by atoms with Crippen LogP contribution in [-0.4, -0.2) is 49.0 Å². The minimum absolute atomic E-state index is 0.00983. The minimum Gasteiger partial charge on any atom is -0.491 e. The quantitative estimate of drug-likeness (QED) is 0.684. The van der Waals surface area contributed by atoms with Crippen LogP contribution in [0.5, 0.6) is 5.75 Å². The van der Waals surface area contributed by atoms with Gasteiger partial charge in [-0.2, -0.15) is 0 Å². The number of rotatable bonds is 7. The monoisotopic (exact) mass is 421 g/mol. The maximum atomic E-state index is 13.1. The number of nitrogens with one attached hydrogen (secondary N) is 1. The molecule has 0 unspecified atom stereocenters. The number of piperidine rings is 1. The minimum atomic E-state index is -0.0343. The molecule has 2 heterocycles. The van der Waals surface area contributed by atoms with Gasteiger partial charge in [0.25, 0.3) is 0 Å². The first-order chi connectivity index (χ1) is 15.0. The maximum absolute atomic E-state index is 13.1. The van der Waals surface area contributed by atoms with Crippen molar-refractivity contribution in [2.24, 2.45) is 5.92 Å². The van der Waals surface area contributed by atoms with Crippen LogP contribution in [0.15, 0.2) is 48.5 Å². The van der Waals surface area contributed by atoms with Crippen molar-refractivity contribution in [3.8, 4) is 5.75 Å². The molecule has 2 aromatic rings. The van der Waals surface area contributed by atoms with Crippen LogP contribution in [0.3, 0.4) is 0 Å². The molecule has 2 amide bonds. The molecule has 0 aliphatic carbocycles. The van der Waals surface area contributed by atoms with E-state index in [2.05, 4.69) is 22.3 Å². The summed E-state index contributed by atoms with van der Waals surface area (Å²) < 4.78 is 5.75. The van der Waals surface area contributed by atoms with Crippen molar-refractivity contribution in [3.63, 3.8) is 0 Å². The first-order valence-electron chi connectivity index (χ1n) is 11.2. The zero-order valence-corrected chi connectivity index (χ0v) is 18.3. The summed E-state index contributed by atoms with van der Waals surface area (Å²) in [4.78, 5) is 29.1. The number of amides is 2. The number of nitrogens with zero attached hydrogens (tertiary/aromatic N) is 2. The van der Waals surface area contributed by atoms with Gasteiger partial charge in [0.2, 0.25) is 0 Å². The molecular formula is C25H31N3O3. The Hall–Kier alpha value is -2.86. The number of carbonyl (C=O) groups is 2. The lowest BCUT2D eigenvalue weighted by atomic mass is 9.89. The fourth-order valence-corrected chi connectivity index (χ4v) is 4.40. The number of anilines is 1. The summed E-state index contributed by atoms with van der Waals surface area (Å²) in [5, 5.41) is 2.83. The molecule has 2 aromatic carbocycles. The highest BCUT2D eigenvalue weighted by atomic mass is 16.5. The maximum Gasteiger partial charge on any atom is 0.321 e. The third kappa shape index (κ3) is 5.25. The molecule has 164 valence electrons. The number of carbonyl (C=O) groups excluding carboxylic acids is 2. The molecule has 2 saturated heterocycles. The summed E-state index contributed by atoms with van der Waals surface area (Å²) in [5.74, 6) is 0.963. The highest BCUT2D eigenvalue weighted by Gasteiger charge is 2.27. The largest absolute Gasteiger partial charge is 0.491 e. The Morgan fingerprint density at radius 1 is 1.16 bits per heavy atom. The van der Waals surface area contributed by atoms with Crippen molar-refractivity contribution < 1.29 is 14.3 Å². The molecule has 2 aliphatic rings. The summed E-state index contributed by atoms with van der Waals surface area (Å²) in [6.07, 6.45) is 2.03. The van der Waals surface area contributed by atoms with Crippen molar-refractivity contribution in [3.05, 3.63) is 59.7 Å². The summed E-state index contributed by atoms with van der Waals surface area (Å²) in [6.45, 7) is 7.95. The highest BCUT2D eigenvalue weighted by molar-refractivity contribution is 5.98. The topological polar surface area (TPSA) is 61.9 Å². The van der Waals surface area contributed by atoms with Gasteiger partial charge in [0, 0.05) is 43.3 Å². The Morgan fingerprint density at radius 3 is 2.68 bits per heavy atom. The van der Waals surface area contributed by atoms with Crippen LogP contribution in [0.4, 0.5) is 10.5 Å². The molecule has 0 spiro atoms. The highest BCUT2D eigenvalue weighted by Crippen LogP contribution is 2.25. The first kappa shape index (κ1) is 21.4. The van der Waals surface area contributed by atoms with Gasteiger partial charge in [-0.3, -0.25) is 14.6 Å². The smallest absolute Gasteiger partial charge is 0.321 e. The van der Waals surface area contributed by atoms with E-state index in [1.54, 1.807) is 4.90 Å². The molecular weight excluding hydrogens is 390 g/mol. The Balaban J connectivity index is 1.37. The first-order valence-corrected chi connectivity index (χ1v) is 11.2. The molecule has 6 nitrogen and oxygen atoms in total. The zero-order valence-electron chi connectivity index (χ0n) is 18.3. The van der Waals surface area contributed by atoms with Gasteiger partial charge in [0.1, 0.15) is 5.75 Å². The number of urea groups is 1. The molecule has 31 heavy (non-hydrogen) atoms. The number of hydrogen-bond acceptors (Lipinski definition) is 4. The summed E-state index contributed by atoms with van der Waals surface area (Å²) in [7, 11) is 0. The van der Waals surface area contributed by atoms with Crippen LogP contribution in [0.25, 0.3) is 0 Å². The summed E-state index contributed by atoms with van der Waals surface area (Å²) >= 11 is 0. The van der Waals surface area contributed by atoms with E-state index in [1.165, 1.54) is 5.56 Å². The third-order valence-electron chi connectivity index (χ3n) is 5.88. The predicted octanol–water partition coefficient (Wildman–Crippen LogP) is 4.10. The fourth-order valence-electron chi connectivity index (χ4n) is 4.40. The fraction of sp³-hybridized carbons (Fsp3) is 0.440. The van der Waals surface area contributed by atoms with Crippen molar-refractivity contribution in [2.45, 2.75) is 39.3 Å². The molecule has 6 heteroatoms. The third-order valence-corrected chi connectivity index (χ3v) is 5.88. The molecule has 1 N–H and O–H groups in total. The van der Waals surface area contributed by atoms with E-state index in [4.69, 9.17) is 4.74 Å². The Morgan fingerprint density at radius 2 is 1.97 bits per heavy atom. The van der Waals surface area contributed by atoms with Gasteiger partial charge in [-0.1, -0.05) is 24.3 Å². The Bertz CT molecular complexity index is 926. The molecule has 0 aromatic heterocycles. The number of ketones is 1.